The molecule has 0 heterocycles. The van der Waals surface area contributed by atoms with Crippen molar-refractivity contribution in [2.24, 2.45) is 0 Å². The first kappa shape index (κ1) is 8.93. The second-order valence-electron chi connectivity index (χ2n) is 0.362. The summed E-state index contributed by atoms with van der Waals surface area (Å²) < 4.78 is 0. The van der Waals surface area contributed by atoms with Crippen LogP contribution in [0.5, 0.6) is 0 Å². The zero-order valence-electron chi connectivity index (χ0n) is 4.23. The van der Waals surface area contributed by atoms with Gasteiger partial charge in [-0.25, -0.2) is 0 Å². The topological polar surface area (TPSA) is 20.2 Å². The molecule has 0 amide bonds. The third kappa shape index (κ3) is 14.8. The number of terminal acetylenes is 1. The zero-order valence-corrected chi connectivity index (χ0v) is 3.23. The van der Waals surface area contributed by atoms with Gasteiger partial charge in [0.25, 0.3) is 0 Å². The number of rotatable bonds is 0. The van der Waals surface area contributed by atoms with Gasteiger partial charge in [-0.3, -0.25) is 0 Å². The summed E-state index contributed by atoms with van der Waals surface area (Å²) in [5.41, 5.74) is 0. The first-order chi connectivity index (χ1) is 1.91. The van der Waals surface area contributed by atoms with Crippen molar-refractivity contribution in [1.29, 1.82) is 0 Å². The number of hydrogen-bond donors (Lipinski definition) is 1. The molecule has 5 heavy (non-hydrogen) atoms. The average molecular weight is 64.0 g/mol. The van der Waals surface area contributed by atoms with Crippen LogP contribution in [0.1, 0.15) is 1.43 Å². The molecule has 0 fully saturated rings. The minimum atomic E-state index is -0.153. The molecule has 0 aromatic rings. The Labute approximate surface area is 45.0 Å². The van der Waals surface area contributed by atoms with E-state index in [1.54, 1.807) is 0 Å². The molecule has 0 saturated carbocycles. The third-order valence-electron chi connectivity index (χ3n) is 0.0913. The molecule has 0 aromatic heterocycles. The van der Waals surface area contributed by atoms with E-state index in [0.717, 1.165) is 0 Å². The van der Waals surface area contributed by atoms with E-state index in [1.807, 2.05) is 5.92 Å². The molecule has 0 unspecified atom stereocenters. The van der Waals surface area contributed by atoms with Crippen molar-refractivity contribution in [2.45, 2.75) is 0 Å². The molecule has 0 atom stereocenters. The molecule has 0 saturated heterocycles. The monoisotopic (exact) mass is 64.1 g/mol. The van der Waals surface area contributed by atoms with E-state index >= 15 is 0 Å². The Balaban J connectivity index is -0.0000000450. The first-order valence-corrected chi connectivity index (χ1v) is 0.958. The fourth-order valence-electron chi connectivity index (χ4n) is 0. The van der Waals surface area contributed by atoms with Crippen molar-refractivity contribution in [3.8, 4) is 12.3 Å². The predicted octanol–water partition coefficient (Wildman–Crippen LogP) is -3.27. The maximum atomic E-state index is 7.64. The largest absolute Gasteiger partial charge is 1.00 e. The first-order valence-electron chi connectivity index (χ1n) is 0.958. The standard InChI is InChI=1S/C3H4O.Li.H/c1-2-3-4;;/h1,4H,3H2;;/q;+1;-1. The summed E-state index contributed by atoms with van der Waals surface area (Å²) >= 11 is 0. The van der Waals surface area contributed by atoms with Gasteiger partial charge in [-0.05, 0) is 0 Å². The van der Waals surface area contributed by atoms with Gasteiger partial charge in [0.05, 0.1) is 0 Å². The van der Waals surface area contributed by atoms with Crippen LogP contribution >= 0.6 is 0 Å². The van der Waals surface area contributed by atoms with Crippen LogP contribution in [0.4, 0.5) is 0 Å². The zero-order chi connectivity index (χ0) is 3.41. The second-order valence-corrected chi connectivity index (χ2v) is 0.362. The van der Waals surface area contributed by atoms with Crippen molar-refractivity contribution < 1.29 is 25.4 Å². The summed E-state index contributed by atoms with van der Waals surface area (Å²) in [5.74, 6) is 1.99. The number of hydrogen-bond acceptors (Lipinski definition) is 1. The molecule has 1 N–H and O–H groups in total. The molecule has 0 aliphatic heterocycles. The fraction of sp³-hybridized carbons (Fsp3) is 0.333. The Morgan fingerprint density at radius 3 is 2.20 bits per heavy atom. The van der Waals surface area contributed by atoms with Gasteiger partial charge in [0.15, 0.2) is 0 Å². The van der Waals surface area contributed by atoms with Crippen LogP contribution in [-0.4, -0.2) is 11.7 Å². The fourth-order valence-corrected chi connectivity index (χ4v) is 0. The Hall–Kier alpha value is 0.117. The van der Waals surface area contributed by atoms with E-state index in [2.05, 4.69) is 6.42 Å². The van der Waals surface area contributed by atoms with Gasteiger partial charge in [-0.15, -0.1) is 6.42 Å². The molecule has 1 nitrogen and oxygen atoms in total. The van der Waals surface area contributed by atoms with Crippen molar-refractivity contribution in [2.75, 3.05) is 6.61 Å². The summed E-state index contributed by atoms with van der Waals surface area (Å²) in [6, 6.07) is 0. The van der Waals surface area contributed by atoms with Crippen LogP contribution in [0.3, 0.4) is 0 Å². The minimum absolute atomic E-state index is 0. The smallest absolute Gasteiger partial charge is 1.00 e. The quantitative estimate of drug-likeness (QED) is 0.231. The van der Waals surface area contributed by atoms with Crippen LogP contribution in [0.15, 0.2) is 0 Å². The second kappa shape index (κ2) is 8.92. The molecule has 0 aliphatic rings. The molecular formula is C3H5LiO. The number of aliphatic hydroxyl groups is 1. The Bertz CT molecular complexity index is 40.5. The molecule has 0 spiro atoms. The maximum Gasteiger partial charge on any atom is 1.00 e. The summed E-state index contributed by atoms with van der Waals surface area (Å²) in [4.78, 5) is 0. The van der Waals surface area contributed by atoms with Gasteiger partial charge in [0.1, 0.15) is 6.61 Å². The summed E-state index contributed by atoms with van der Waals surface area (Å²) in [6.45, 7) is -0.153. The van der Waals surface area contributed by atoms with Crippen molar-refractivity contribution in [3.63, 3.8) is 0 Å². The van der Waals surface area contributed by atoms with Crippen molar-refractivity contribution in [1.82, 2.24) is 0 Å². The van der Waals surface area contributed by atoms with Crippen LogP contribution in [0.2, 0.25) is 0 Å². The van der Waals surface area contributed by atoms with Crippen LogP contribution in [0.25, 0.3) is 0 Å². The summed E-state index contributed by atoms with van der Waals surface area (Å²) in [6.07, 6.45) is 4.53. The van der Waals surface area contributed by atoms with E-state index in [-0.39, 0.29) is 26.9 Å². The van der Waals surface area contributed by atoms with Gasteiger partial charge in [-0.1, -0.05) is 5.92 Å². The van der Waals surface area contributed by atoms with Crippen LogP contribution < -0.4 is 18.9 Å². The minimum Gasteiger partial charge on any atom is -1.00 e. The molecule has 0 aliphatic carbocycles. The van der Waals surface area contributed by atoms with E-state index in [1.165, 1.54) is 0 Å². The Morgan fingerprint density at radius 1 is 2.00 bits per heavy atom. The van der Waals surface area contributed by atoms with Crippen LogP contribution in [0, 0.1) is 12.3 Å². The Kier molecular flexibility index (Phi) is 15.9. The Morgan fingerprint density at radius 2 is 2.20 bits per heavy atom. The summed E-state index contributed by atoms with van der Waals surface area (Å²) in [7, 11) is 0. The van der Waals surface area contributed by atoms with Gasteiger partial charge >= 0.3 is 18.9 Å². The third-order valence-corrected chi connectivity index (χ3v) is 0.0913. The van der Waals surface area contributed by atoms with E-state index in [9.17, 15) is 0 Å². The van der Waals surface area contributed by atoms with Gasteiger partial charge < -0.3 is 6.53 Å². The molecule has 24 valence electrons. The molecule has 0 radical (unpaired) electrons. The molecular weight excluding hydrogens is 59.0 g/mol. The van der Waals surface area contributed by atoms with Crippen molar-refractivity contribution >= 4 is 0 Å². The molecule has 0 rings (SSSR count). The van der Waals surface area contributed by atoms with Gasteiger partial charge in [0, 0.05) is 0 Å². The molecule has 2 heteroatoms. The normalized spacial score (nSPS) is 4.00. The van der Waals surface area contributed by atoms with Gasteiger partial charge in [-0.2, -0.15) is 0 Å². The van der Waals surface area contributed by atoms with E-state index in [4.69, 9.17) is 5.11 Å². The summed E-state index contributed by atoms with van der Waals surface area (Å²) in [5, 5.41) is 7.64. The van der Waals surface area contributed by atoms with Crippen LogP contribution in [-0.2, 0) is 0 Å². The van der Waals surface area contributed by atoms with E-state index in [0.29, 0.717) is 0 Å². The number of aliphatic hydroxyl groups excluding tert-OH is 1. The van der Waals surface area contributed by atoms with Gasteiger partial charge in [0.2, 0.25) is 0 Å². The molecule has 0 bridgehead atoms. The SMILES string of the molecule is C#CCO.[H-].[Li+]. The van der Waals surface area contributed by atoms with E-state index < -0.39 is 0 Å². The average Bonchev–Trinajstić information content (AvgIpc) is 1.37. The predicted molar refractivity (Wildman–Crippen MR) is 17.0 cm³/mol. The maximum absolute atomic E-state index is 7.64. The molecule has 0 aromatic carbocycles. The van der Waals surface area contributed by atoms with Crippen molar-refractivity contribution in [3.05, 3.63) is 0 Å².